The van der Waals surface area contributed by atoms with Gasteiger partial charge in [0.05, 0.1) is 6.54 Å². The van der Waals surface area contributed by atoms with E-state index >= 15 is 0 Å². The standard InChI is InChI=1S/C15H23ClN2O3/c1-3-20-10-5-8-17-15(19)18(2)9-11-21-14-7-4-6-13(16)12-14/h4,6-7,12H,3,5,8-11H2,1-2H3,(H,17,19). The molecule has 0 atom stereocenters. The van der Waals surface area contributed by atoms with Gasteiger partial charge in [-0.15, -0.1) is 0 Å². The molecule has 2 amide bonds. The number of carbonyl (C=O) groups is 1. The zero-order chi connectivity index (χ0) is 15.5. The van der Waals surface area contributed by atoms with Crippen LogP contribution in [0, 0.1) is 0 Å². The maximum atomic E-state index is 11.8. The normalized spacial score (nSPS) is 10.2. The van der Waals surface area contributed by atoms with Crippen molar-refractivity contribution in [2.24, 2.45) is 0 Å². The first-order valence-corrected chi connectivity index (χ1v) is 7.46. The summed E-state index contributed by atoms with van der Waals surface area (Å²) in [5.41, 5.74) is 0. The summed E-state index contributed by atoms with van der Waals surface area (Å²) in [6.07, 6.45) is 0.812. The Morgan fingerprint density at radius 2 is 2.19 bits per heavy atom. The van der Waals surface area contributed by atoms with Crippen molar-refractivity contribution in [3.05, 3.63) is 29.3 Å². The predicted molar refractivity (Wildman–Crippen MR) is 84.1 cm³/mol. The Hall–Kier alpha value is -1.46. The topological polar surface area (TPSA) is 50.8 Å². The highest BCUT2D eigenvalue weighted by Gasteiger charge is 2.07. The fourth-order valence-corrected chi connectivity index (χ4v) is 1.79. The lowest BCUT2D eigenvalue weighted by molar-refractivity contribution is 0.144. The van der Waals surface area contributed by atoms with E-state index in [0.29, 0.717) is 43.7 Å². The van der Waals surface area contributed by atoms with Crippen molar-refractivity contribution in [2.75, 3.05) is 40.0 Å². The highest BCUT2D eigenvalue weighted by molar-refractivity contribution is 6.30. The maximum absolute atomic E-state index is 11.8. The molecule has 5 nitrogen and oxygen atoms in total. The predicted octanol–water partition coefficient (Wildman–Crippen LogP) is 2.79. The first-order chi connectivity index (χ1) is 10.1. The molecular formula is C15H23ClN2O3. The second kappa shape index (κ2) is 10.3. The monoisotopic (exact) mass is 314 g/mol. The Morgan fingerprint density at radius 1 is 1.38 bits per heavy atom. The number of benzene rings is 1. The van der Waals surface area contributed by atoms with Crippen molar-refractivity contribution in [1.29, 1.82) is 0 Å². The Bertz CT molecular complexity index is 429. The number of urea groups is 1. The van der Waals surface area contributed by atoms with E-state index < -0.39 is 0 Å². The number of hydrogen-bond acceptors (Lipinski definition) is 3. The lowest BCUT2D eigenvalue weighted by Gasteiger charge is -2.18. The minimum atomic E-state index is -0.110. The van der Waals surface area contributed by atoms with Gasteiger partial charge in [0.2, 0.25) is 0 Å². The molecule has 118 valence electrons. The number of carbonyl (C=O) groups excluding carboxylic acids is 1. The largest absolute Gasteiger partial charge is 0.492 e. The van der Waals surface area contributed by atoms with E-state index in [2.05, 4.69) is 5.32 Å². The molecule has 0 saturated carbocycles. The lowest BCUT2D eigenvalue weighted by atomic mass is 10.3. The molecule has 0 heterocycles. The molecule has 1 aromatic rings. The number of rotatable bonds is 9. The van der Waals surface area contributed by atoms with Gasteiger partial charge in [0.25, 0.3) is 0 Å². The summed E-state index contributed by atoms with van der Waals surface area (Å²) in [5, 5.41) is 3.46. The number of amides is 2. The van der Waals surface area contributed by atoms with Crippen LogP contribution in [0.4, 0.5) is 4.79 Å². The third-order valence-corrected chi connectivity index (χ3v) is 3.02. The maximum Gasteiger partial charge on any atom is 0.317 e. The van der Waals surface area contributed by atoms with E-state index in [9.17, 15) is 4.79 Å². The smallest absolute Gasteiger partial charge is 0.317 e. The molecule has 1 aromatic carbocycles. The van der Waals surface area contributed by atoms with E-state index in [1.165, 1.54) is 0 Å². The van der Waals surface area contributed by atoms with Crippen LogP contribution < -0.4 is 10.1 Å². The molecule has 1 N–H and O–H groups in total. The molecule has 0 unspecified atom stereocenters. The summed E-state index contributed by atoms with van der Waals surface area (Å²) in [7, 11) is 1.74. The van der Waals surface area contributed by atoms with Gasteiger partial charge < -0.3 is 19.7 Å². The first-order valence-electron chi connectivity index (χ1n) is 7.08. The van der Waals surface area contributed by atoms with Gasteiger partial charge in [-0.1, -0.05) is 17.7 Å². The molecule has 0 aromatic heterocycles. The molecule has 0 aliphatic heterocycles. The van der Waals surface area contributed by atoms with Crippen LogP contribution in [0.5, 0.6) is 5.75 Å². The van der Waals surface area contributed by atoms with Crippen molar-refractivity contribution in [2.45, 2.75) is 13.3 Å². The van der Waals surface area contributed by atoms with Crippen LogP contribution in [0.25, 0.3) is 0 Å². The minimum absolute atomic E-state index is 0.110. The molecule has 21 heavy (non-hydrogen) atoms. The second-order valence-corrected chi connectivity index (χ2v) is 4.95. The van der Waals surface area contributed by atoms with E-state index in [-0.39, 0.29) is 6.03 Å². The summed E-state index contributed by atoms with van der Waals surface area (Å²) in [6.45, 7) is 4.85. The number of likely N-dealkylation sites (N-methyl/N-ethyl adjacent to an activating group) is 1. The summed E-state index contributed by atoms with van der Waals surface area (Å²) in [6, 6.07) is 7.08. The summed E-state index contributed by atoms with van der Waals surface area (Å²) >= 11 is 5.87. The van der Waals surface area contributed by atoms with Crippen LogP contribution >= 0.6 is 11.6 Å². The Balaban J connectivity index is 2.14. The molecule has 0 aliphatic rings. The highest BCUT2D eigenvalue weighted by Crippen LogP contribution is 2.16. The average Bonchev–Trinajstić information content (AvgIpc) is 2.46. The molecule has 0 aliphatic carbocycles. The second-order valence-electron chi connectivity index (χ2n) is 4.51. The van der Waals surface area contributed by atoms with Crippen molar-refractivity contribution in [3.63, 3.8) is 0 Å². The zero-order valence-electron chi connectivity index (χ0n) is 12.6. The summed E-state index contributed by atoms with van der Waals surface area (Å²) in [5.74, 6) is 0.702. The van der Waals surface area contributed by atoms with Crippen molar-refractivity contribution < 1.29 is 14.3 Å². The third-order valence-electron chi connectivity index (χ3n) is 2.78. The van der Waals surface area contributed by atoms with Gasteiger partial charge in [0, 0.05) is 31.8 Å². The molecule has 0 bridgehead atoms. The number of halogens is 1. The Labute approximate surface area is 131 Å². The van der Waals surface area contributed by atoms with Gasteiger partial charge in [0.15, 0.2) is 0 Å². The van der Waals surface area contributed by atoms with Crippen molar-refractivity contribution in [1.82, 2.24) is 10.2 Å². The highest BCUT2D eigenvalue weighted by atomic mass is 35.5. The SMILES string of the molecule is CCOCCCNC(=O)N(C)CCOc1cccc(Cl)c1. The van der Waals surface area contributed by atoms with Crippen LogP contribution in [0.2, 0.25) is 5.02 Å². The van der Waals surface area contributed by atoms with Gasteiger partial charge in [-0.25, -0.2) is 4.79 Å². The summed E-state index contributed by atoms with van der Waals surface area (Å²) < 4.78 is 10.7. The molecule has 0 saturated heterocycles. The van der Waals surface area contributed by atoms with Gasteiger partial charge in [0.1, 0.15) is 12.4 Å². The van der Waals surface area contributed by atoms with E-state index in [0.717, 1.165) is 6.42 Å². The van der Waals surface area contributed by atoms with Gasteiger partial charge in [-0.05, 0) is 31.5 Å². The van der Waals surface area contributed by atoms with Crippen LogP contribution in [-0.2, 0) is 4.74 Å². The van der Waals surface area contributed by atoms with Gasteiger partial charge in [-0.2, -0.15) is 0 Å². The zero-order valence-corrected chi connectivity index (χ0v) is 13.4. The first kappa shape index (κ1) is 17.6. The van der Waals surface area contributed by atoms with Crippen LogP contribution in [0.3, 0.4) is 0 Å². The number of nitrogens with one attached hydrogen (secondary N) is 1. The third kappa shape index (κ3) is 7.78. The molecule has 1 rings (SSSR count). The lowest BCUT2D eigenvalue weighted by Crippen LogP contribution is -2.40. The fourth-order valence-electron chi connectivity index (χ4n) is 1.61. The van der Waals surface area contributed by atoms with Gasteiger partial charge >= 0.3 is 6.03 Å². The molecule has 0 fully saturated rings. The molecule has 0 spiro atoms. The fraction of sp³-hybridized carbons (Fsp3) is 0.533. The van der Waals surface area contributed by atoms with Crippen molar-refractivity contribution in [3.8, 4) is 5.75 Å². The average molecular weight is 315 g/mol. The van der Waals surface area contributed by atoms with E-state index in [1.54, 1.807) is 24.1 Å². The minimum Gasteiger partial charge on any atom is -0.492 e. The van der Waals surface area contributed by atoms with Gasteiger partial charge in [-0.3, -0.25) is 0 Å². The number of hydrogen-bond donors (Lipinski definition) is 1. The van der Waals surface area contributed by atoms with E-state index in [1.807, 2.05) is 19.1 Å². The number of nitrogens with zero attached hydrogens (tertiary/aromatic N) is 1. The molecule has 0 radical (unpaired) electrons. The Kier molecular flexibility index (Phi) is 8.62. The molecule has 6 heteroatoms. The number of ether oxygens (including phenoxy) is 2. The summed E-state index contributed by atoms with van der Waals surface area (Å²) in [4.78, 5) is 13.4. The Morgan fingerprint density at radius 3 is 2.90 bits per heavy atom. The van der Waals surface area contributed by atoms with Crippen LogP contribution in [0.1, 0.15) is 13.3 Å². The quantitative estimate of drug-likeness (QED) is 0.713. The van der Waals surface area contributed by atoms with Crippen LogP contribution in [-0.4, -0.2) is 50.9 Å². The molecular weight excluding hydrogens is 292 g/mol. The van der Waals surface area contributed by atoms with Crippen molar-refractivity contribution >= 4 is 17.6 Å². The van der Waals surface area contributed by atoms with E-state index in [4.69, 9.17) is 21.1 Å². The van der Waals surface area contributed by atoms with Crippen LogP contribution in [0.15, 0.2) is 24.3 Å².